The highest BCUT2D eigenvalue weighted by Crippen LogP contribution is 2.19. The monoisotopic (exact) mass is 339 g/mol. The Bertz CT molecular complexity index is 713. The molecule has 0 bridgehead atoms. The Hall–Kier alpha value is -2.14. The van der Waals surface area contributed by atoms with Crippen LogP contribution in [0.15, 0.2) is 30.5 Å². The summed E-state index contributed by atoms with van der Waals surface area (Å²) in [5, 5.41) is 3.60. The topological polar surface area (TPSA) is 44.3 Å². The van der Waals surface area contributed by atoms with Gasteiger partial charge in [-0.2, -0.15) is 4.98 Å². The summed E-state index contributed by atoms with van der Waals surface area (Å²) in [4.78, 5) is 13.3. The number of hydrogen-bond acceptors (Lipinski definition) is 5. The minimum absolute atomic E-state index is 0.435. The van der Waals surface area contributed by atoms with Crippen LogP contribution in [-0.4, -0.2) is 48.1 Å². The molecule has 1 aromatic carbocycles. The zero-order valence-corrected chi connectivity index (χ0v) is 15.8. The van der Waals surface area contributed by atoms with E-state index >= 15 is 0 Å². The smallest absolute Gasteiger partial charge is 0.226 e. The zero-order chi connectivity index (χ0) is 17.8. The maximum absolute atomic E-state index is 4.58. The quantitative estimate of drug-likeness (QED) is 0.906. The molecule has 1 N–H and O–H groups in total. The summed E-state index contributed by atoms with van der Waals surface area (Å²) in [5.41, 5.74) is 4.16. The lowest BCUT2D eigenvalue weighted by molar-refractivity contribution is 0.208. The summed E-state index contributed by atoms with van der Waals surface area (Å²) in [5.74, 6) is 1.66. The first kappa shape index (κ1) is 17.7. The summed E-state index contributed by atoms with van der Waals surface area (Å²) < 4.78 is 0. The second kappa shape index (κ2) is 7.83. The predicted octanol–water partition coefficient (Wildman–Crippen LogP) is 3.24. The van der Waals surface area contributed by atoms with Crippen molar-refractivity contribution >= 4 is 11.8 Å². The molecule has 2 aromatic rings. The van der Waals surface area contributed by atoms with Gasteiger partial charge in [0.2, 0.25) is 5.95 Å². The van der Waals surface area contributed by atoms with Crippen LogP contribution in [0.1, 0.15) is 29.5 Å². The van der Waals surface area contributed by atoms with Crippen molar-refractivity contribution in [2.45, 2.75) is 39.3 Å². The number of anilines is 2. The number of aryl methyl sites for hydroxylation is 2. The van der Waals surface area contributed by atoms with Crippen LogP contribution >= 0.6 is 0 Å². The van der Waals surface area contributed by atoms with Crippen molar-refractivity contribution in [3.05, 3.63) is 47.2 Å². The SMILES string of the molecule is Cc1ccc(CN2CCCC(Nc3ccnc(N(C)C)n3)C2)c(C)c1. The summed E-state index contributed by atoms with van der Waals surface area (Å²) in [6.07, 6.45) is 4.22. The number of aromatic nitrogens is 2. The minimum Gasteiger partial charge on any atom is -0.366 e. The van der Waals surface area contributed by atoms with E-state index in [4.69, 9.17) is 0 Å². The van der Waals surface area contributed by atoms with Gasteiger partial charge in [0.15, 0.2) is 0 Å². The van der Waals surface area contributed by atoms with Gasteiger partial charge in [-0.05, 0) is 50.4 Å². The Morgan fingerprint density at radius 3 is 2.84 bits per heavy atom. The van der Waals surface area contributed by atoms with Crippen LogP contribution in [0.25, 0.3) is 0 Å². The molecule has 0 amide bonds. The van der Waals surface area contributed by atoms with E-state index in [1.165, 1.54) is 29.5 Å². The second-order valence-electron chi connectivity index (χ2n) is 7.28. The van der Waals surface area contributed by atoms with E-state index in [1.807, 2.05) is 31.3 Å². The molecule has 1 aliphatic heterocycles. The van der Waals surface area contributed by atoms with Gasteiger partial charge in [-0.25, -0.2) is 4.98 Å². The van der Waals surface area contributed by atoms with E-state index in [-0.39, 0.29) is 0 Å². The molecule has 0 radical (unpaired) electrons. The Labute approximate surface area is 151 Å². The number of nitrogens with one attached hydrogen (secondary N) is 1. The first-order valence-electron chi connectivity index (χ1n) is 9.06. The van der Waals surface area contributed by atoms with Crippen molar-refractivity contribution in [1.29, 1.82) is 0 Å². The fourth-order valence-corrected chi connectivity index (χ4v) is 3.43. The Morgan fingerprint density at radius 1 is 1.24 bits per heavy atom. The summed E-state index contributed by atoms with van der Waals surface area (Å²) in [7, 11) is 3.93. The third-order valence-corrected chi connectivity index (χ3v) is 4.79. The maximum Gasteiger partial charge on any atom is 0.226 e. The third kappa shape index (κ3) is 4.69. The van der Waals surface area contributed by atoms with Gasteiger partial charge in [0.05, 0.1) is 0 Å². The normalized spacial score (nSPS) is 18.2. The van der Waals surface area contributed by atoms with Crippen molar-refractivity contribution in [2.24, 2.45) is 0 Å². The third-order valence-electron chi connectivity index (χ3n) is 4.79. The fourth-order valence-electron chi connectivity index (χ4n) is 3.43. The molecule has 0 saturated carbocycles. The summed E-state index contributed by atoms with van der Waals surface area (Å²) >= 11 is 0. The molecule has 1 unspecified atom stereocenters. The molecule has 3 rings (SSSR count). The van der Waals surface area contributed by atoms with Crippen molar-refractivity contribution in [3.63, 3.8) is 0 Å². The number of likely N-dealkylation sites (tertiary alicyclic amines) is 1. The highest BCUT2D eigenvalue weighted by Gasteiger charge is 2.20. The minimum atomic E-state index is 0.435. The van der Waals surface area contributed by atoms with E-state index < -0.39 is 0 Å². The van der Waals surface area contributed by atoms with Gasteiger partial charge in [0, 0.05) is 39.4 Å². The first-order valence-corrected chi connectivity index (χ1v) is 9.06. The molecule has 1 fully saturated rings. The number of hydrogen-bond donors (Lipinski definition) is 1. The average Bonchev–Trinajstić information content (AvgIpc) is 2.58. The van der Waals surface area contributed by atoms with Gasteiger partial charge in [0.1, 0.15) is 5.82 Å². The molecular weight excluding hydrogens is 310 g/mol. The van der Waals surface area contributed by atoms with E-state index in [2.05, 4.69) is 52.2 Å². The van der Waals surface area contributed by atoms with Crippen LogP contribution in [0.5, 0.6) is 0 Å². The second-order valence-corrected chi connectivity index (χ2v) is 7.28. The Kier molecular flexibility index (Phi) is 5.53. The standard InChI is InChI=1S/C20H29N5/c1-15-7-8-17(16(2)12-15)13-25-11-5-6-18(14-25)22-19-9-10-21-20(23-19)24(3)4/h7-10,12,18H,5-6,11,13-14H2,1-4H3,(H,21,22,23). The van der Waals surface area contributed by atoms with Crippen molar-refractivity contribution in [2.75, 3.05) is 37.4 Å². The highest BCUT2D eigenvalue weighted by molar-refractivity contribution is 5.41. The van der Waals surface area contributed by atoms with Crippen molar-refractivity contribution in [3.8, 4) is 0 Å². The predicted molar refractivity (Wildman–Crippen MR) is 104 cm³/mol. The molecule has 1 aromatic heterocycles. The maximum atomic E-state index is 4.58. The number of rotatable bonds is 5. The largest absolute Gasteiger partial charge is 0.366 e. The van der Waals surface area contributed by atoms with E-state index in [1.54, 1.807) is 0 Å². The molecule has 5 nitrogen and oxygen atoms in total. The zero-order valence-electron chi connectivity index (χ0n) is 15.8. The van der Waals surface area contributed by atoms with Crippen LogP contribution in [0, 0.1) is 13.8 Å². The van der Waals surface area contributed by atoms with Crippen LogP contribution in [-0.2, 0) is 6.54 Å². The van der Waals surface area contributed by atoms with Crippen molar-refractivity contribution in [1.82, 2.24) is 14.9 Å². The molecule has 5 heteroatoms. The molecule has 1 aliphatic rings. The van der Waals surface area contributed by atoms with E-state index in [0.717, 1.165) is 31.4 Å². The first-order chi connectivity index (χ1) is 12.0. The van der Waals surface area contributed by atoms with E-state index in [0.29, 0.717) is 6.04 Å². The number of benzene rings is 1. The lowest BCUT2D eigenvalue weighted by atomic mass is 10.0. The van der Waals surface area contributed by atoms with Gasteiger partial charge >= 0.3 is 0 Å². The molecule has 0 spiro atoms. The Morgan fingerprint density at radius 2 is 2.08 bits per heavy atom. The molecular formula is C20H29N5. The van der Waals surface area contributed by atoms with Crippen molar-refractivity contribution < 1.29 is 0 Å². The van der Waals surface area contributed by atoms with E-state index in [9.17, 15) is 0 Å². The van der Waals surface area contributed by atoms with Crippen LogP contribution in [0.2, 0.25) is 0 Å². The summed E-state index contributed by atoms with van der Waals surface area (Å²) in [6.45, 7) is 7.61. The van der Waals surface area contributed by atoms with Gasteiger partial charge in [-0.3, -0.25) is 4.90 Å². The van der Waals surface area contributed by atoms with Gasteiger partial charge in [-0.15, -0.1) is 0 Å². The van der Waals surface area contributed by atoms with Gasteiger partial charge in [0.25, 0.3) is 0 Å². The lowest BCUT2D eigenvalue weighted by Gasteiger charge is -2.33. The fraction of sp³-hybridized carbons (Fsp3) is 0.500. The van der Waals surface area contributed by atoms with Gasteiger partial charge in [-0.1, -0.05) is 23.8 Å². The van der Waals surface area contributed by atoms with Gasteiger partial charge < -0.3 is 10.2 Å². The van der Waals surface area contributed by atoms with Crippen LogP contribution in [0.4, 0.5) is 11.8 Å². The van der Waals surface area contributed by atoms with Crippen LogP contribution < -0.4 is 10.2 Å². The highest BCUT2D eigenvalue weighted by atomic mass is 15.2. The summed E-state index contributed by atoms with van der Waals surface area (Å²) in [6, 6.07) is 9.15. The number of nitrogens with zero attached hydrogens (tertiary/aromatic N) is 4. The molecule has 25 heavy (non-hydrogen) atoms. The molecule has 0 aliphatic carbocycles. The number of piperidine rings is 1. The molecule has 134 valence electrons. The lowest BCUT2D eigenvalue weighted by Crippen LogP contribution is -2.41. The molecule has 1 atom stereocenters. The Balaban J connectivity index is 1.62. The molecule has 1 saturated heterocycles. The average molecular weight is 339 g/mol. The van der Waals surface area contributed by atoms with Crippen LogP contribution in [0.3, 0.4) is 0 Å². The molecule has 2 heterocycles.